The van der Waals surface area contributed by atoms with E-state index in [0.29, 0.717) is 11.5 Å². The van der Waals surface area contributed by atoms with E-state index in [0.717, 1.165) is 5.56 Å². The van der Waals surface area contributed by atoms with Gasteiger partial charge in [-0.25, -0.2) is 0 Å². The Morgan fingerprint density at radius 2 is 2.07 bits per heavy atom. The van der Waals surface area contributed by atoms with Crippen molar-refractivity contribution >= 4 is 5.78 Å². The molecular formula is C12H13NO. The van der Waals surface area contributed by atoms with Gasteiger partial charge in [-0.05, 0) is 11.5 Å². The summed E-state index contributed by atoms with van der Waals surface area (Å²) in [4.78, 5) is 11.5. The van der Waals surface area contributed by atoms with Gasteiger partial charge < -0.3 is 0 Å². The second-order valence-corrected chi connectivity index (χ2v) is 3.50. The van der Waals surface area contributed by atoms with Crippen molar-refractivity contribution in [1.29, 1.82) is 5.26 Å². The number of ketones is 1. The molecule has 72 valence electrons. The number of carbonyl (C=O) groups is 1. The Balaban J connectivity index is 3.08. The molecule has 0 atom stereocenters. The normalized spacial score (nSPS) is 9.86. The summed E-state index contributed by atoms with van der Waals surface area (Å²) in [5.74, 6) is 0.227. The molecule has 0 saturated carbocycles. The fraction of sp³-hybridized carbons (Fsp3) is 0.333. The molecule has 0 amide bonds. The quantitative estimate of drug-likeness (QED) is 0.682. The molecule has 1 rings (SSSR count). The van der Waals surface area contributed by atoms with Gasteiger partial charge in [0.2, 0.25) is 0 Å². The highest BCUT2D eigenvalue weighted by Gasteiger charge is 2.11. The molecule has 1 aromatic carbocycles. The third-order valence-electron chi connectivity index (χ3n) is 2.12. The predicted molar refractivity (Wildman–Crippen MR) is 55.1 cm³/mol. The van der Waals surface area contributed by atoms with E-state index >= 15 is 0 Å². The number of carbonyl (C=O) groups excluding carboxylic acids is 1. The van der Waals surface area contributed by atoms with Gasteiger partial charge >= 0.3 is 0 Å². The molecule has 14 heavy (non-hydrogen) atoms. The van der Waals surface area contributed by atoms with Gasteiger partial charge in [0.15, 0.2) is 5.78 Å². The Hall–Kier alpha value is -1.62. The number of Topliss-reactive ketones (excluding diaryl/α,β-unsaturated/α-hetero) is 1. The van der Waals surface area contributed by atoms with E-state index in [1.807, 2.05) is 38.1 Å². The molecule has 1 aromatic rings. The first-order chi connectivity index (χ1) is 6.66. The molecule has 0 aromatic heterocycles. The van der Waals surface area contributed by atoms with Crippen LogP contribution in [-0.4, -0.2) is 5.78 Å². The second-order valence-electron chi connectivity index (χ2n) is 3.50. The van der Waals surface area contributed by atoms with E-state index in [1.165, 1.54) is 0 Å². The number of nitriles is 1. The lowest BCUT2D eigenvalue weighted by atomic mass is 9.94. The van der Waals surface area contributed by atoms with Crippen molar-refractivity contribution in [3.63, 3.8) is 0 Å². The van der Waals surface area contributed by atoms with Gasteiger partial charge in [0, 0.05) is 5.56 Å². The molecule has 0 radical (unpaired) electrons. The van der Waals surface area contributed by atoms with Crippen LogP contribution in [0, 0.1) is 11.3 Å². The first-order valence-electron chi connectivity index (χ1n) is 4.66. The van der Waals surface area contributed by atoms with Crippen LogP contribution in [0.1, 0.15) is 42.1 Å². The van der Waals surface area contributed by atoms with Crippen LogP contribution in [0.3, 0.4) is 0 Å². The van der Waals surface area contributed by atoms with Crippen LogP contribution < -0.4 is 0 Å². The summed E-state index contributed by atoms with van der Waals surface area (Å²) in [5.41, 5.74) is 1.71. The molecule has 0 unspecified atom stereocenters. The summed E-state index contributed by atoms with van der Waals surface area (Å²) in [6.07, 6.45) is -0.0380. The first-order valence-corrected chi connectivity index (χ1v) is 4.66. The minimum absolute atomic E-state index is 0.0380. The fourth-order valence-electron chi connectivity index (χ4n) is 1.42. The van der Waals surface area contributed by atoms with Gasteiger partial charge in [-0.1, -0.05) is 38.1 Å². The number of hydrogen-bond donors (Lipinski definition) is 0. The maximum Gasteiger partial charge on any atom is 0.177 e. The SMILES string of the molecule is CC(C)c1ccccc1C(=O)CC#N. The minimum atomic E-state index is -0.0863. The summed E-state index contributed by atoms with van der Waals surface area (Å²) in [6.45, 7) is 4.08. The highest BCUT2D eigenvalue weighted by atomic mass is 16.1. The van der Waals surface area contributed by atoms with Crippen molar-refractivity contribution < 1.29 is 4.79 Å². The van der Waals surface area contributed by atoms with E-state index in [2.05, 4.69) is 0 Å². The Bertz CT molecular complexity index is 374. The van der Waals surface area contributed by atoms with Crippen LogP contribution in [0.25, 0.3) is 0 Å². The molecule has 0 heterocycles. The van der Waals surface area contributed by atoms with Crippen molar-refractivity contribution in [2.45, 2.75) is 26.2 Å². The van der Waals surface area contributed by atoms with E-state index in [-0.39, 0.29) is 12.2 Å². The van der Waals surface area contributed by atoms with Gasteiger partial charge in [0.25, 0.3) is 0 Å². The molecular weight excluding hydrogens is 174 g/mol. The molecule has 2 heteroatoms. The Kier molecular flexibility index (Phi) is 3.41. The Morgan fingerprint density at radius 1 is 1.43 bits per heavy atom. The van der Waals surface area contributed by atoms with E-state index in [1.54, 1.807) is 6.07 Å². The maximum absolute atomic E-state index is 11.5. The molecule has 2 nitrogen and oxygen atoms in total. The van der Waals surface area contributed by atoms with E-state index < -0.39 is 0 Å². The lowest BCUT2D eigenvalue weighted by Crippen LogP contribution is -2.03. The van der Waals surface area contributed by atoms with E-state index in [4.69, 9.17) is 5.26 Å². The highest BCUT2D eigenvalue weighted by molar-refractivity contribution is 5.98. The first kappa shape index (κ1) is 10.5. The lowest BCUT2D eigenvalue weighted by Gasteiger charge is -2.09. The molecule has 0 bridgehead atoms. The van der Waals surface area contributed by atoms with Crippen LogP contribution in [0.5, 0.6) is 0 Å². The second kappa shape index (κ2) is 4.57. The topological polar surface area (TPSA) is 40.9 Å². The van der Waals surface area contributed by atoms with Gasteiger partial charge in [-0.2, -0.15) is 5.26 Å². The highest BCUT2D eigenvalue weighted by Crippen LogP contribution is 2.20. The lowest BCUT2D eigenvalue weighted by molar-refractivity contribution is 0.0996. The standard InChI is InChI=1S/C12H13NO/c1-9(2)10-5-3-4-6-11(10)12(14)7-8-13/h3-6,9H,7H2,1-2H3. The third kappa shape index (κ3) is 2.20. The van der Waals surface area contributed by atoms with Gasteiger partial charge in [-0.3, -0.25) is 4.79 Å². The number of benzene rings is 1. The summed E-state index contributed by atoms with van der Waals surface area (Å²) >= 11 is 0. The largest absolute Gasteiger partial charge is 0.293 e. The van der Waals surface area contributed by atoms with Gasteiger partial charge in [0.05, 0.1) is 12.5 Å². The van der Waals surface area contributed by atoms with Gasteiger partial charge in [-0.15, -0.1) is 0 Å². The molecule has 0 aliphatic heterocycles. The summed E-state index contributed by atoms with van der Waals surface area (Å²) < 4.78 is 0. The molecule has 0 spiro atoms. The number of nitrogens with zero attached hydrogens (tertiary/aromatic N) is 1. The summed E-state index contributed by atoms with van der Waals surface area (Å²) in [5, 5.41) is 8.46. The fourth-order valence-corrected chi connectivity index (χ4v) is 1.42. The Morgan fingerprint density at radius 3 is 2.64 bits per heavy atom. The van der Waals surface area contributed by atoms with Crippen molar-refractivity contribution in [3.05, 3.63) is 35.4 Å². The van der Waals surface area contributed by atoms with Crippen LogP contribution >= 0.6 is 0 Å². The zero-order valence-electron chi connectivity index (χ0n) is 8.45. The third-order valence-corrected chi connectivity index (χ3v) is 2.12. The zero-order valence-corrected chi connectivity index (χ0v) is 8.45. The maximum atomic E-state index is 11.5. The zero-order chi connectivity index (χ0) is 10.6. The van der Waals surface area contributed by atoms with Crippen LogP contribution in [-0.2, 0) is 0 Å². The Labute approximate surface area is 84.2 Å². The molecule has 0 aliphatic carbocycles. The van der Waals surface area contributed by atoms with Gasteiger partial charge in [0.1, 0.15) is 0 Å². The number of hydrogen-bond acceptors (Lipinski definition) is 2. The van der Waals surface area contributed by atoms with Crippen LogP contribution in [0.15, 0.2) is 24.3 Å². The minimum Gasteiger partial charge on any atom is -0.293 e. The monoisotopic (exact) mass is 187 g/mol. The van der Waals surface area contributed by atoms with Crippen molar-refractivity contribution in [3.8, 4) is 6.07 Å². The smallest absolute Gasteiger partial charge is 0.177 e. The van der Waals surface area contributed by atoms with Crippen molar-refractivity contribution in [2.24, 2.45) is 0 Å². The van der Waals surface area contributed by atoms with Crippen LogP contribution in [0.2, 0.25) is 0 Å². The number of rotatable bonds is 3. The molecule has 0 fully saturated rings. The van der Waals surface area contributed by atoms with Crippen LogP contribution in [0.4, 0.5) is 0 Å². The average molecular weight is 187 g/mol. The van der Waals surface area contributed by atoms with Crippen molar-refractivity contribution in [2.75, 3.05) is 0 Å². The van der Waals surface area contributed by atoms with E-state index in [9.17, 15) is 4.79 Å². The molecule has 0 saturated heterocycles. The van der Waals surface area contributed by atoms with Crippen molar-refractivity contribution in [1.82, 2.24) is 0 Å². The average Bonchev–Trinajstić information content (AvgIpc) is 2.18. The molecule has 0 aliphatic rings. The predicted octanol–water partition coefficient (Wildman–Crippen LogP) is 2.91. The summed E-state index contributed by atoms with van der Waals surface area (Å²) in [6, 6.07) is 9.35. The molecule has 0 N–H and O–H groups in total. The summed E-state index contributed by atoms with van der Waals surface area (Å²) in [7, 11) is 0.